The minimum Gasteiger partial charge on any atom is -0.374 e. The van der Waals surface area contributed by atoms with Gasteiger partial charge in [0.25, 0.3) is 5.91 Å². The molecule has 2 heterocycles. The van der Waals surface area contributed by atoms with Crippen molar-refractivity contribution in [2.24, 2.45) is 0 Å². The summed E-state index contributed by atoms with van der Waals surface area (Å²) in [6.45, 7) is 1.05. The Morgan fingerprint density at radius 2 is 2.00 bits per heavy atom. The molecule has 2 unspecified atom stereocenters. The molecular formula is C18H22N2O5S. The molecule has 0 N–H and O–H groups in total. The van der Waals surface area contributed by atoms with E-state index in [1.807, 2.05) is 4.90 Å². The molecule has 7 nitrogen and oxygen atoms in total. The van der Waals surface area contributed by atoms with E-state index in [1.54, 1.807) is 18.2 Å². The number of nitrogens with zero attached hydrogens (tertiary/aromatic N) is 2. The van der Waals surface area contributed by atoms with Gasteiger partial charge in [-0.05, 0) is 31.0 Å². The van der Waals surface area contributed by atoms with E-state index in [1.165, 1.54) is 6.07 Å². The molecule has 1 saturated carbocycles. The van der Waals surface area contributed by atoms with Crippen molar-refractivity contribution in [1.82, 2.24) is 4.90 Å². The van der Waals surface area contributed by atoms with Crippen LogP contribution in [0.1, 0.15) is 42.5 Å². The summed E-state index contributed by atoms with van der Waals surface area (Å²) in [6.07, 6.45) is 4.16. The number of sulfonamides is 1. The van der Waals surface area contributed by atoms with Crippen LogP contribution in [-0.4, -0.2) is 56.2 Å². The number of carbonyl (C=O) groups excluding carboxylic acids is 2. The number of ether oxygens (including phenoxy) is 1. The first-order chi connectivity index (χ1) is 12.5. The standard InChI is InChI=1S/C18H22N2O5S/c21-17-8-11-26(23,24)20(17)14-5-3-4-13(12-14)18(22)19-9-10-25-16-7-2-1-6-15(16)19/h3-5,12,15-16H,1-2,6-11H2. The third-order valence-corrected chi connectivity index (χ3v) is 7.09. The van der Waals surface area contributed by atoms with Crippen LogP contribution < -0.4 is 4.31 Å². The molecule has 1 aromatic rings. The quantitative estimate of drug-likeness (QED) is 0.779. The number of benzene rings is 1. The fourth-order valence-electron chi connectivity index (χ4n) is 4.15. The van der Waals surface area contributed by atoms with Crippen molar-refractivity contribution in [2.45, 2.75) is 44.2 Å². The molecule has 8 heteroatoms. The maximum atomic E-state index is 13.1. The third-order valence-electron chi connectivity index (χ3n) is 5.40. The molecule has 140 valence electrons. The van der Waals surface area contributed by atoms with Gasteiger partial charge in [-0.3, -0.25) is 9.59 Å². The SMILES string of the molecule is O=C(c1cccc(N2C(=O)CCS2(=O)=O)c1)N1CCOC2CCCCC21. The number of fused-ring (bicyclic) bond motifs is 1. The Bertz CT molecular complexity index is 836. The molecule has 4 rings (SSSR count). The first kappa shape index (κ1) is 17.5. The van der Waals surface area contributed by atoms with Crippen LogP contribution in [0.5, 0.6) is 0 Å². The van der Waals surface area contributed by atoms with Crippen molar-refractivity contribution in [1.29, 1.82) is 0 Å². The van der Waals surface area contributed by atoms with Gasteiger partial charge in [0.1, 0.15) is 0 Å². The molecule has 1 aromatic carbocycles. The van der Waals surface area contributed by atoms with Gasteiger partial charge in [-0.25, -0.2) is 12.7 Å². The lowest BCUT2D eigenvalue weighted by atomic mass is 9.89. The van der Waals surface area contributed by atoms with E-state index >= 15 is 0 Å². The van der Waals surface area contributed by atoms with Gasteiger partial charge in [0, 0.05) is 18.5 Å². The average Bonchev–Trinajstić information content (AvgIpc) is 2.93. The number of rotatable bonds is 2. The molecule has 0 radical (unpaired) electrons. The van der Waals surface area contributed by atoms with E-state index < -0.39 is 15.9 Å². The van der Waals surface area contributed by atoms with Crippen molar-refractivity contribution in [2.75, 3.05) is 23.2 Å². The first-order valence-electron chi connectivity index (χ1n) is 9.06. The van der Waals surface area contributed by atoms with Crippen LogP contribution in [0.4, 0.5) is 5.69 Å². The van der Waals surface area contributed by atoms with Gasteiger partial charge >= 0.3 is 0 Å². The zero-order chi connectivity index (χ0) is 18.3. The summed E-state index contributed by atoms with van der Waals surface area (Å²) in [6, 6.07) is 6.44. The number of carbonyl (C=O) groups is 2. The van der Waals surface area contributed by atoms with Crippen LogP contribution in [0.3, 0.4) is 0 Å². The zero-order valence-electron chi connectivity index (χ0n) is 14.5. The molecule has 2 atom stereocenters. The van der Waals surface area contributed by atoms with Crippen LogP contribution >= 0.6 is 0 Å². The topological polar surface area (TPSA) is 84.0 Å². The molecule has 3 aliphatic rings. The van der Waals surface area contributed by atoms with Crippen LogP contribution in [0.2, 0.25) is 0 Å². The Morgan fingerprint density at radius 3 is 2.77 bits per heavy atom. The van der Waals surface area contributed by atoms with Crippen LogP contribution in [0, 0.1) is 0 Å². The van der Waals surface area contributed by atoms with Gasteiger partial charge in [0.05, 0.1) is 30.2 Å². The number of hydrogen-bond donors (Lipinski definition) is 0. The van der Waals surface area contributed by atoms with Crippen molar-refractivity contribution in [3.63, 3.8) is 0 Å². The normalized spacial score (nSPS) is 28.1. The van der Waals surface area contributed by atoms with Crippen molar-refractivity contribution in [3.05, 3.63) is 29.8 Å². The lowest BCUT2D eigenvalue weighted by molar-refractivity contribution is -0.116. The zero-order valence-corrected chi connectivity index (χ0v) is 15.3. The number of hydrogen-bond acceptors (Lipinski definition) is 5. The minimum atomic E-state index is -3.64. The predicted molar refractivity (Wildman–Crippen MR) is 95.4 cm³/mol. The van der Waals surface area contributed by atoms with Crippen molar-refractivity contribution >= 4 is 27.5 Å². The largest absolute Gasteiger partial charge is 0.374 e. The Labute approximate surface area is 153 Å². The summed E-state index contributed by atoms with van der Waals surface area (Å²) in [5, 5.41) is 0. The number of amides is 2. The van der Waals surface area contributed by atoms with Gasteiger partial charge in [-0.1, -0.05) is 18.9 Å². The molecular weight excluding hydrogens is 356 g/mol. The maximum Gasteiger partial charge on any atom is 0.254 e. The Hall–Kier alpha value is -1.93. The third kappa shape index (κ3) is 3.01. The van der Waals surface area contributed by atoms with E-state index in [2.05, 4.69) is 0 Å². The number of anilines is 1. The summed E-state index contributed by atoms with van der Waals surface area (Å²) in [4.78, 5) is 26.9. The Kier molecular flexibility index (Phi) is 4.48. The van der Waals surface area contributed by atoms with Gasteiger partial charge in [-0.2, -0.15) is 0 Å². The average molecular weight is 378 g/mol. The van der Waals surface area contributed by atoms with Gasteiger partial charge in [0.2, 0.25) is 15.9 Å². The molecule has 2 amide bonds. The molecule has 0 aromatic heterocycles. The van der Waals surface area contributed by atoms with Crippen LogP contribution in [-0.2, 0) is 19.6 Å². The fourth-order valence-corrected chi connectivity index (χ4v) is 5.60. The van der Waals surface area contributed by atoms with E-state index in [9.17, 15) is 18.0 Å². The number of morpholine rings is 1. The molecule has 1 aliphatic carbocycles. The summed E-state index contributed by atoms with van der Waals surface area (Å²) in [5.74, 6) is -0.763. The maximum absolute atomic E-state index is 13.1. The van der Waals surface area contributed by atoms with Crippen LogP contribution in [0.15, 0.2) is 24.3 Å². The second-order valence-corrected chi connectivity index (χ2v) is 8.97. The Morgan fingerprint density at radius 1 is 1.19 bits per heavy atom. The van der Waals surface area contributed by atoms with Gasteiger partial charge < -0.3 is 9.64 Å². The summed E-state index contributed by atoms with van der Waals surface area (Å²) >= 11 is 0. The molecule has 2 aliphatic heterocycles. The lowest BCUT2D eigenvalue weighted by Crippen LogP contribution is -2.54. The summed E-state index contributed by atoms with van der Waals surface area (Å²) < 4.78 is 30.9. The van der Waals surface area contributed by atoms with E-state index in [4.69, 9.17) is 4.74 Å². The lowest BCUT2D eigenvalue weighted by Gasteiger charge is -2.43. The smallest absolute Gasteiger partial charge is 0.254 e. The van der Waals surface area contributed by atoms with Gasteiger partial charge in [-0.15, -0.1) is 0 Å². The van der Waals surface area contributed by atoms with E-state index in [0.29, 0.717) is 18.7 Å². The molecule has 0 bridgehead atoms. The highest BCUT2D eigenvalue weighted by molar-refractivity contribution is 7.94. The Balaban J connectivity index is 1.62. The summed E-state index contributed by atoms with van der Waals surface area (Å²) in [7, 11) is -3.64. The molecule has 0 spiro atoms. The van der Waals surface area contributed by atoms with Crippen molar-refractivity contribution in [3.8, 4) is 0 Å². The first-order valence-corrected chi connectivity index (χ1v) is 10.7. The summed E-state index contributed by atoms with van der Waals surface area (Å²) in [5.41, 5.74) is 0.649. The highest BCUT2D eigenvalue weighted by Gasteiger charge is 2.38. The second kappa shape index (κ2) is 6.66. The molecule has 3 fully saturated rings. The molecule has 26 heavy (non-hydrogen) atoms. The van der Waals surface area contributed by atoms with E-state index in [0.717, 1.165) is 30.0 Å². The highest BCUT2D eigenvalue weighted by atomic mass is 32.2. The fraction of sp³-hybridized carbons (Fsp3) is 0.556. The molecule has 2 saturated heterocycles. The van der Waals surface area contributed by atoms with E-state index in [-0.39, 0.29) is 35.9 Å². The van der Waals surface area contributed by atoms with Gasteiger partial charge in [0.15, 0.2) is 0 Å². The monoisotopic (exact) mass is 378 g/mol. The second-order valence-electron chi connectivity index (χ2n) is 7.03. The predicted octanol–water partition coefficient (Wildman–Crippen LogP) is 1.54. The van der Waals surface area contributed by atoms with Crippen molar-refractivity contribution < 1.29 is 22.7 Å². The minimum absolute atomic E-state index is 0.0201. The van der Waals surface area contributed by atoms with Crippen LogP contribution in [0.25, 0.3) is 0 Å². The highest BCUT2D eigenvalue weighted by Crippen LogP contribution is 2.31.